The number of hydrogen-bond acceptors (Lipinski definition) is 2. The van der Waals surface area contributed by atoms with Crippen LogP contribution in [0.5, 0.6) is 0 Å². The average Bonchev–Trinajstić information content (AvgIpc) is 2.21. The van der Waals surface area contributed by atoms with E-state index >= 15 is 0 Å². The highest BCUT2D eigenvalue weighted by Gasteiger charge is 2.01. The molecular formula is C10H17NO. The maximum Gasteiger partial charge on any atom is 0.0962 e. The van der Waals surface area contributed by atoms with Crippen LogP contribution in [0.15, 0.2) is 24.4 Å². The lowest BCUT2D eigenvalue weighted by atomic mass is 10.2. The summed E-state index contributed by atoms with van der Waals surface area (Å²) in [4.78, 5) is 4.12. The summed E-state index contributed by atoms with van der Waals surface area (Å²) in [6.45, 7) is 5.97. The second-order valence-corrected chi connectivity index (χ2v) is 2.13. The number of aromatic nitrogens is 1. The molecule has 1 atom stereocenters. The average molecular weight is 167 g/mol. The van der Waals surface area contributed by atoms with E-state index in [1.165, 1.54) is 0 Å². The highest BCUT2D eigenvalue weighted by atomic mass is 16.5. The molecule has 1 heterocycles. The first kappa shape index (κ1) is 11.1. The standard InChI is InChI=1S/C8H11NO.C2H6/c1-7(10-2)8-5-3-4-6-9-8;1-2/h3-7H,1-2H3;1-2H3. The van der Waals surface area contributed by atoms with Crippen molar-refractivity contribution >= 4 is 0 Å². The largest absolute Gasteiger partial charge is 0.375 e. The fourth-order valence-corrected chi connectivity index (χ4v) is 0.737. The summed E-state index contributed by atoms with van der Waals surface area (Å²) in [6.07, 6.45) is 1.87. The van der Waals surface area contributed by atoms with E-state index in [4.69, 9.17) is 4.74 Å². The van der Waals surface area contributed by atoms with Crippen LogP contribution in [0, 0.1) is 0 Å². The van der Waals surface area contributed by atoms with Gasteiger partial charge in [-0.05, 0) is 19.1 Å². The molecule has 0 saturated heterocycles. The maximum absolute atomic E-state index is 5.07. The number of methoxy groups -OCH3 is 1. The highest BCUT2D eigenvalue weighted by molar-refractivity contribution is 5.05. The van der Waals surface area contributed by atoms with Crippen molar-refractivity contribution in [2.75, 3.05) is 7.11 Å². The zero-order valence-electron chi connectivity index (χ0n) is 8.24. The van der Waals surface area contributed by atoms with Gasteiger partial charge in [-0.2, -0.15) is 0 Å². The summed E-state index contributed by atoms with van der Waals surface area (Å²) in [5.74, 6) is 0. The monoisotopic (exact) mass is 167 g/mol. The van der Waals surface area contributed by atoms with Crippen molar-refractivity contribution in [3.63, 3.8) is 0 Å². The molecule has 0 amide bonds. The molecule has 68 valence electrons. The van der Waals surface area contributed by atoms with Gasteiger partial charge in [-0.15, -0.1) is 0 Å². The van der Waals surface area contributed by atoms with E-state index < -0.39 is 0 Å². The molecule has 2 heteroatoms. The number of rotatable bonds is 2. The second-order valence-electron chi connectivity index (χ2n) is 2.13. The van der Waals surface area contributed by atoms with Crippen molar-refractivity contribution in [1.29, 1.82) is 0 Å². The fraction of sp³-hybridized carbons (Fsp3) is 0.500. The van der Waals surface area contributed by atoms with Gasteiger partial charge in [0.25, 0.3) is 0 Å². The van der Waals surface area contributed by atoms with Crippen LogP contribution in [0.25, 0.3) is 0 Å². The Kier molecular flexibility index (Phi) is 6.29. The Hall–Kier alpha value is -0.890. The smallest absolute Gasteiger partial charge is 0.0962 e. The van der Waals surface area contributed by atoms with E-state index in [2.05, 4.69) is 4.98 Å². The summed E-state index contributed by atoms with van der Waals surface area (Å²) in [6, 6.07) is 5.80. The third-order valence-electron chi connectivity index (χ3n) is 1.46. The molecule has 0 aliphatic carbocycles. The summed E-state index contributed by atoms with van der Waals surface area (Å²) < 4.78 is 5.07. The molecule has 1 unspecified atom stereocenters. The lowest BCUT2D eigenvalue weighted by Crippen LogP contribution is -1.97. The van der Waals surface area contributed by atoms with Crippen LogP contribution in [0.3, 0.4) is 0 Å². The highest BCUT2D eigenvalue weighted by Crippen LogP contribution is 2.10. The Morgan fingerprint density at radius 3 is 2.42 bits per heavy atom. The predicted octanol–water partition coefficient (Wildman–Crippen LogP) is 2.82. The fourth-order valence-electron chi connectivity index (χ4n) is 0.737. The molecule has 0 aliphatic heterocycles. The second kappa shape index (κ2) is 6.80. The van der Waals surface area contributed by atoms with Gasteiger partial charge in [0.15, 0.2) is 0 Å². The van der Waals surface area contributed by atoms with Gasteiger partial charge in [-0.25, -0.2) is 0 Å². The molecule has 0 spiro atoms. The quantitative estimate of drug-likeness (QED) is 0.675. The van der Waals surface area contributed by atoms with Gasteiger partial charge in [-0.1, -0.05) is 19.9 Å². The van der Waals surface area contributed by atoms with E-state index in [0.717, 1.165) is 5.69 Å². The number of hydrogen-bond donors (Lipinski definition) is 0. The molecule has 2 nitrogen and oxygen atoms in total. The van der Waals surface area contributed by atoms with E-state index in [1.54, 1.807) is 13.3 Å². The summed E-state index contributed by atoms with van der Waals surface area (Å²) in [5.41, 5.74) is 0.977. The molecular weight excluding hydrogens is 150 g/mol. The van der Waals surface area contributed by atoms with E-state index in [1.807, 2.05) is 39.0 Å². The van der Waals surface area contributed by atoms with Crippen molar-refractivity contribution in [3.05, 3.63) is 30.1 Å². The topological polar surface area (TPSA) is 22.1 Å². The minimum atomic E-state index is 0.0983. The summed E-state index contributed by atoms with van der Waals surface area (Å²) in [5, 5.41) is 0. The lowest BCUT2D eigenvalue weighted by molar-refractivity contribution is 0.116. The zero-order chi connectivity index (χ0) is 9.40. The predicted molar refractivity (Wildman–Crippen MR) is 51.0 cm³/mol. The Morgan fingerprint density at radius 1 is 1.33 bits per heavy atom. The molecule has 0 fully saturated rings. The van der Waals surface area contributed by atoms with Crippen LogP contribution in [0.1, 0.15) is 32.6 Å². The van der Waals surface area contributed by atoms with Crippen molar-refractivity contribution in [3.8, 4) is 0 Å². The van der Waals surface area contributed by atoms with Crippen LogP contribution in [-0.2, 0) is 4.74 Å². The minimum Gasteiger partial charge on any atom is -0.375 e. The normalized spacial score (nSPS) is 11.3. The van der Waals surface area contributed by atoms with Gasteiger partial charge in [0.05, 0.1) is 11.8 Å². The molecule has 1 aromatic rings. The molecule has 0 aliphatic rings. The molecule has 12 heavy (non-hydrogen) atoms. The molecule has 0 radical (unpaired) electrons. The third-order valence-corrected chi connectivity index (χ3v) is 1.46. The van der Waals surface area contributed by atoms with Crippen molar-refractivity contribution in [2.24, 2.45) is 0 Å². The van der Waals surface area contributed by atoms with Gasteiger partial charge >= 0.3 is 0 Å². The van der Waals surface area contributed by atoms with Gasteiger partial charge in [0, 0.05) is 13.3 Å². The molecule has 1 rings (SSSR count). The third kappa shape index (κ3) is 3.49. The number of pyridine rings is 1. The van der Waals surface area contributed by atoms with Crippen molar-refractivity contribution in [2.45, 2.75) is 26.9 Å². The summed E-state index contributed by atoms with van der Waals surface area (Å²) in [7, 11) is 1.68. The zero-order valence-corrected chi connectivity index (χ0v) is 8.24. The van der Waals surface area contributed by atoms with Crippen LogP contribution >= 0.6 is 0 Å². The molecule has 0 N–H and O–H groups in total. The van der Waals surface area contributed by atoms with Crippen molar-refractivity contribution in [1.82, 2.24) is 4.98 Å². The van der Waals surface area contributed by atoms with Crippen LogP contribution in [0.2, 0.25) is 0 Å². The van der Waals surface area contributed by atoms with Gasteiger partial charge in [-0.3, -0.25) is 4.98 Å². The van der Waals surface area contributed by atoms with E-state index in [9.17, 15) is 0 Å². The first-order valence-electron chi connectivity index (χ1n) is 4.28. The lowest BCUT2D eigenvalue weighted by Gasteiger charge is -2.06. The van der Waals surface area contributed by atoms with Crippen LogP contribution < -0.4 is 0 Å². The Morgan fingerprint density at radius 2 is 2.00 bits per heavy atom. The number of nitrogens with zero attached hydrogens (tertiary/aromatic N) is 1. The van der Waals surface area contributed by atoms with Crippen LogP contribution in [0.4, 0.5) is 0 Å². The first-order chi connectivity index (χ1) is 5.84. The molecule has 0 saturated carbocycles. The maximum atomic E-state index is 5.07. The van der Waals surface area contributed by atoms with Crippen LogP contribution in [-0.4, -0.2) is 12.1 Å². The Labute approximate surface area is 74.6 Å². The Bertz CT molecular complexity index is 186. The molecule has 0 bridgehead atoms. The molecule has 0 aromatic carbocycles. The van der Waals surface area contributed by atoms with Crippen molar-refractivity contribution < 1.29 is 4.74 Å². The molecule has 1 aromatic heterocycles. The number of ether oxygens (including phenoxy) is 1. The Balaban J connectivity index is 0.000000561. The van der Waals surface area contributed by atoms with Gasteiger partial charge < -0.3 is 4.74 Å². The minimum absolute atomic E-state index is 0.0983. The summed E-state index contributed by atoms with van der Waals surface area (Å²) >= 11 is 0. The SMILES string of the molecule is CC.COC(C)c1ccccn1. The van der Waals surface area contributed by atoms with E-state index in [0.29, 0.717) is 0 Å². The first-order valence-corrected chi connectivity index (χ1v) is 4.28. The van der Waals surface area contributed by atoms with Gasteiger partial charge in [0.1, 0.15) is 0 Å². The van der Waals surface area contributed by atoms with Gasteiger partial charge in [0.2, 0.25) is 0 Å². The van der Waals surface area contributed by atoms with E-state index in [-0.39, 0.29) is 6.10 Å².